The van der Waals surface area contributed by atoms with E-state index in [1.165, 1.54) is 6.42 Å². The fraction of sp³-hybridized carbons (Fsp3) is 0.481. The van der Waals surface area contributed by atoms with Gasteiger partial charge in [-0.3, -0.25) is 9.59 Å². The highest BCUT2D eigenvalue weighted by Gasteiger charge is 2.31. The molecule has 1 fully saturated rings. The minimum Gasteiger partial charge on any atom is -0.483 e. The summed E-state index contributed by atoms with van der Waals surface area (Å²) in [5.74, 6) is 0.226. The zero-order valence-electron chi connectivity index (χ0n) is 20.2. The van der Waals surface area contributed by atoms with Gasteiger partial charge in [0.15, 0.2) is 6.61 Å². The topological polar surface area (TPSA) is 58.6 Å². The first-order valence-electron chi connectivity index (χ1n) is 12.0. The zero-order valence-corrected chi connectivity index (χ0v) is 21.7. The third-order valence-corrected chi connectivity index (χ3v) is 7.34. The van der Waals surface area contributed by atoms with Crippen LogP contribution in [0.5, 0.6) is 5.75 Å². The van der Waals surface area contributed by atoms with E-state index >= 15 is 0 Å². The Morgan fingerprint density at radius 1 is 1.06 bits per heavy atom. The summed E-state index contributed by atoms with van der Waals surface area (Å²) >= 11 is 12.8. The van der Waals surface area contributed by atoms with Gasteiger partial charge in [0.05, 0.1) is 0 Å². The van der Waals surface area contributed by atoms with Crippen molar-refractivity contribution in [2.24, 2.45) is 0 Å². The number of amides is 2. The van der Waals surface area contributed by atoms with Crippen LogP contribution < -0.4 is 10.1 Å². The number of aryl methyl sites for hydroxylation is 1. The summed E-state index contributed by atoms with van der Waals surface area (Å²) in [5.41, 5.74) is 2.69. The number of nitrogens with zero attached hydrogens (tertiary/aromatic N) is 1. The molecule has 0 radical (unpaired) electrons. The van der Waals surface area contributed by atoms with E-state index in [1.54, 1.807) is 23.1 Å². The summed E-state index contributed by atoms with van der Waals surface area (Å²) < 4.78 is 5.89. The van der Waals surface area contributed by atoms with Crippen LogP contribution in [0.25, 0.3) is 0 Å². The van der Waals surface area contributed by atoms with Gasteiger partial charge in [-0.25, -0.2) is 0 Å². The molecule has 2 aromatic carbocycles. The van der Waals surface area contributed by atoms with Gasteiger partial charge >= 0.3 is 0 Å². The molecule has 34 heavy (non-hydrogen) atoms. The highest BCUT2D eigenvalue weighted by atomic mass is 35.5. The summed E-state index contributed by atoms with van der Waals surface area (Å²) in [6, 6.07) is 10.5. The van der Waals surface area contributed by atoms with Crippen molar-refractivity contribution < 1.29 is 14.3 Å². The summed E-state index contributed by atoms with van der Waals surface area (Å²) in [6.45, 7) is 5.82. The zero-order chi connectivity index (χ0) is 24.7. The highest BCUT2D eigenvalue weighted by molar-refractivity contribution is 6.36. The number of carbonyl (C=O) groups excluding carboxylic acids is 2. The van der Waals surface area contributed by atoms with E-state index in [2.05, 4.69) is 5.32 Å². The molecular formula is C27H34Cl2N2O3. The van der Waals surface area contributed by atoms with E-state index < -0.39 is 6.04 Å². The van der Waals surface area contributed by atoms with Crippen LogP contribution in [-0.4, -0.2) is 35.4 Å². The van der Waals surface area contributed by atoms with Crippen molar-refractivity contribution in [3.63, 3.8) is 0 Å². The summed E-state index contributed by atoms with van der Waals surface area (Å²) in [5, 5.41) is 4.09. The van der Waals surface area contributed by atoms with E-state index in [-0.39, 0.29) is 31.0 Å². The largest absolute Gasteiger partial charge is 0.483 e. The lowest BCUT2D eigenvalue weighted by atomic mass is 9.95. The van der Waals surface area contributed by atoms with Crippen LogP contribution in [0.1, 0.15) is 62.1 Å². The van der Waals surface area contributed by atoms with Crippen molar-refractivity contribution >= 4 is 35.0 Å². The number of ether oxygens (including phenoxy) is 1. The van der Waals surface area contributed by atoms with Crippen molar-refractivity contribution in [3.8, 4) is 5.75 Å². The van der Waals surface area contributed by atoms with Crippen LogP contribution in [0, 0.1) is 13.8 Å². The standard InChI is InChI=1S/C27H34Cl2N2O3/c1-4-24(27(33)30-20-11-6-5-7-12-20)31(16-21-22(28)13-9-14-23(21)29)26(32)17-34-25-15-8-10-18(2)19(25)3/h8-10,13-15,20,24H,4-7,11-12,16-17H2,1-3H3,(H,30,33)/t24-/m0/s1. The van der Waals surface area contributed by atoms with Gasteiger partial charge in [0, 0.05) is 28.2 Å². The average molecular weight is 505 g/mol. The quantitative estimate of drug-likeness (QED) is 0.439. The van der Waals surface area contributed by atoms with Crippen LogP contribution >= 0.6 is 23.2 Å². The van der Waals surface area contributed by atoms with E-state index in [4.69, 9.17) is 27.9 Å². The molecule has 1 aliphatic carbocycles. The Morgan fingerprint density at radius 3 is 2.35 bits per heavy atom. The first-order valence-corrected chi connectivity index (χ1v) is 12.8. The summed E-state index contributed by atoms with van der Waals surface area (Å²) in [6.07, 6.45) is 5.85. The van der Waals surface area contributed by atoms with Gasteiger partial charge in [-0.15, -0.1) is 0 Å². The molecule has 0 bridgehead atoms. The minimum absolute atomic E-state index is 0.129. The van der Waals surface area contributed by atoms with Crippen LogP contribution in [0.2, 0.25) is 10.0 Å². The van der Waals surface area contributed by atoms with Crippen molar-refractivity contribution in [2.75, 3.05) is 6.61 Å². The van der Waals surface area contributed by atoms with Crippen molar-refractivity contribution in [1.82, 2.24) is 10.2 Å². The first kappa shape index (κ1) is 26.4. The monoisotopic (exact) mass is 504 g/mol. The third kappa shape index (κ3) is 6.67. The van der Waals surface area contributed by atoms with E-state index in [0.29, 0.717) is 27.8 Å². The molecule has 1 atom stereocenters. The smallest absolute Gasteiger partial charge is 0.261 e. The van der Waals surface area contributed by atoms with Crippen LogP contribution in [0.3, 0.4) is 0 Å². The van der Waals surface area contributed by atoms with Crippen molar-refractivity contribution in [3.05, 3.63) is 63.1 Å². The molecule has 2 aromatic rings. The van der Waals surface area contributed by atoms with Crippen molar-refractivity contribution in [1.29, 1.82) is 0 Å². The second-order valence-corrected chi connectivity index (χ2v) is 9.79. The number of halogens is 2. The second kappa shape index (κ2) is 12.5. The lowest BCUT2D eigenvalue weighted by Crippen LogP contribution is -2.52. The number of hydrogen-bond donors (Lipinski definition) is 1. The third-order valence-electron chi connectivity index (χ3n) is 6.63. The molecule has 0 heterocycles. The first-order chi connectivity index (χ1) is 16.3. The van der Waals surface area contributed by atoms with Crippen molar-refractivity contribution in [2.45, 2.75) is 77.9 Å². The molecule has 0 saturated heterocycles. The predicted octanol–water partition coefficient (Wildman–Crippen LogP) is 6.25. The van der Waals surface area contributed by atoms with Gasteiger partial charge < -0.3 is 15.0 Å². The van der Waals surface area contributed by atoms with E-state index in [9.17, 15) is 9.59 Å². The fourth-order valence-electron chi connectivity index (χ4n) is 4.42. The number of carbonyl (C=O) groups is 2. The fourth-order valence-corrected chi connectivity index (χ4v) is 4.94. The van der Waals surface area contributed by atoms with E-state index in [1.807, 2.05) is 39.0 Å². The summed E-state index contributed by atoms with van der Waals surface area (Å²) in [7, 11) is 0. The molecule has 1 N–H and O–H groups in total. The van der Waals surface area contributed by atoms with Gasteiger partial charge in [0.2, 0.25) is 5.91 Å². The van der Waals surface area contributed by atoms with Gasteiger partial charge in [0.25, 0.3) is 5.91 Å². The van der Waals surface area contributed by atoms with Gasteiger partial charge in [0.1, 0.15) is 11.8 Å². The lowest BCUT2D eigenvalue weighted by molar-refractivity contribution is -0.143. The van der Waals surface area contributed by atoms with Gasteiger partial charge in [-0.2, -0.15) is 0 Å². The molecule has 1 aliphatic rings. The Morgan fingerprint density at radius 2 is 1.71 bits per heavy atom. The Kier molecular flexibility index (Phi) is 9.66. The molecule has 1 saturated carbocycles. The molecule has 184 valence electrons. The minimum atomic E-state index is -0.649. The van der Waals surface area contributed by atoms with E-state index in [0.717, 1.165) is 36.8 Å². The second-order valence-electron chi connectivity index (χ2n) is 8.98. The molecule has 3 rings (SSSR count). The molecule has 0 aliphatic heterocycles. The number of nitrogens with one attached hydrogen (secondary N) is 1. The number of hydrogen-bond acceptors (Lipinski definition) is 3. The predicted molar refractivity (Wildman–Crippen MR) is 138 cm³/mol. The highest BCUT2D eigenvalue weighted by Crippen LogP contribution is 2.28. The maximum Gasteiger partial charge on any atom is 0.261 e. The molecular weight excluding hydrogens is 471 g/mol. The Balaban J connectivity index is 1.83. The molecule has 7 heteroatoms. The number of benzene rings is 2. The normalized spacial score (nSPS) is 15.0. The van der Waals surface area contributed by atoms with Crippen LogP contribution in [0.4, 0.5) is 0 Å². The summed E-state index contributed by atoms with van der Waals surface area (Å²) in [4.78, 5) is 28.3. The van der Waals surface area contributed by atoms with Crippen LogP contribution in [-0.2, 0) is 16.1 Å². The molecule has 0 unspecified atom stereocenters. The maximum absolute atomic E-state index is 13.5. The van der Waals surface area contributed by atoms with Gasteiger partial charge in [-0.05, 0) is 62.4 Å². The Labute approximate surface area is 212 Å². The number of rotatable bonds is 9. The Hall–Kier alpha value is -2.24. The lowest BCUT2D eigenvalue weighted by Gasteiger charge is -2.33. The molecule has 0 spiro atoms. The SMILES string of the molecule is CC[C@@H](C(=O)NC1CCCCC1)N(Cc1c(Cl)cccc1Cl)C(=O)COc1cccc(C)c1C. The molecule has 0 aromatic heterocycles. The Bertz CT molecular complexity index is 985. The van der Waals surface area contributed by atoms with Gasteiger partial charge in [-0.1, -0.05) is 67.6 Å². The average Bonchev–Trinajstić information content (AvgIpc) is 2.82. The molecule has 2 amide bonds. The maximum atomic E-state index is 13.5. The van der Waals surface area contributed by atoms with Crippen LogP contribution in [0.15, 0.2) is 36.4 Å². The molecule has 5 nitrogen and oxygen atoms in total.